The van der Waals surface area contributed by atoms with E-state index in [9.17, 15) is 4.79 Å². The van der Waals surface area contributed by atoms with E-state index in [4.69, 9.17) is 14.2 Å². The lowest BCUT2D eigenvalue weighted by Crippen LogP contribution is -2.44. The lowest BCUT2D eigenvalue weighted by atomic mass is 9.91. The van der Waals surface area contributed by atoms with E-state index in [0.717, 1.165) is 26.9 Å². The molecule has 0 bridgehead atoms. The van der Waals surface area contributed by atoms with E-state index in [1.54, 1.807) is 14.2 Å². The molecule has 4 rings (SSSR count). The van der Waals surface area contributed by atoms with Crippen LogP contribution in [0.2, 0.25) is 0 Å². The molecule has 1 N–H and O–H groups in total. The van der Waals surface area contributed by atoms with E-state index < -0.39 is 0 Å². The summed E-state index contributed by atoms with van der Waals surface area (Å²) in [6.45, 7) is 0.105. The highest BCUT2D eigenvalue weighted by atomic mass is 79.9. The van der Waals surface area contributed by atoms with Crippen LogP contribution in [0.3, 0.4) is 0 Å². The zero-order chi connectivity index (χ0) is 22.7. The second kappa shape index (κ2) is 9.63. The van der Waals surface area contributed by atoms with Gasteiger partial charge in [0.15, 0.2) is 11.5 Å². The summed E-state index contributed by atoms with van der Waals surface area (Å²) in [6, 6.07) is 22.0. The van der Waals surface area contributed by atoms with Crippen molar-refractivity contribution in [1.82, 2.24) is 4.90 Å². The van der Waals surface area contributed by atoms with Crippen LogP contribution in [0.5, 0.6) is 11.5 Å². The predicted octanol–water partition coefficient (Wildman–Crippen LogP) is 5.16. The second-order valence-corrected chi connectivity index (χ2v) is 8.37. The fourth-order valence-corrected chi connectivity index (χ4v) is 4.53. The Morgan fingerprint density at radius 2 is 1.69 bits per heavy atom. The minimum atomic E-state index is -0.309. The summed E-state index contributed by atoms with van der Waals surface area (Å²) >= 11 is 3.60. The van der Waals surface area contributed by atoms with Crippen molar-refractivity contribution in [3.05, 3.63) is 87.9 Å². The third-order valence-electron chi connectivity index (χ3n) is 5.64. The molecular formula is C25H25BrN2O4. The molecule has 0 radical (unpaired) electrons. The molecule has 6 nitrogen and oxygen atoms in total. The minimum absolute atomic E-state index is 0.105. The first-order valence-electron chi connectivity index (χ1n) is 10.2. The van der Waals surface area contributed by atoms with Crippen LogP contribution >= 0.6 is 15.9 Å². The number of nitrogens with zero attached hydrogens (tertiary/aromatic N) is 1. The highest BCUT2D eigenvalue weighted by Crippen LogP contribution is 2.45. The zero-order valence-electron chi connectivity index (χ0n) is 18.2. The van der Waals surface area contributed by atoms with Gasteiger partial charge in [0.05, 0.1) is 33.9 Å². The van der Waals surface area contributed by atoms with Gasteiger partial charge < -0.3 is 19.5 Å². The molecular weight excluding hydrogens is 472 g/mol. The van der Waals surface area contributed by atoms with Gasteiger partial charge in [0.2, 0.25) is 0 Å². The summed E-state index contributed by atoms with van der Waals surface area (Å²) < 4.78 is 17.0. The van der Waals surface area contributed by atoms with Crippen LogP contribution < -0.4 is 14.8 Å². The molecule has 0 saturated carbocycles. The van der Waals surface area contributed by atoms with Gasteiger partial charge in [-0.25, -0.2) is 0 Å². The number of nitrogens with one attached hydrogen (secondary N) is 1. The third-order valence-corrected chi connectivity index (χ3v) is 6.13. The van der Waals surface area contributed by atoms with Crippen LogP contribution in [0.25, 0.3) is 0 Å². The topological polar surface area (TPSA) is 60.0 Å². The summed E-state index contributed by atoms with van der Waals surface area (Å²) in [4.78, 5) is 14.6. The van der Waals surface area contributed by atoms with Crippen molar-refractivity contribution in [1.29, 1.82) is 0 Å². The average molecular weight is 497 g/mol. The van der Waals surface area contributed by atoms with Gasteiger partial charge in [0.25, 0.3) is 0 Å². The van der Waals surface area contributed by atoms with Gasteiger partial charge in [-0.1, -0.05) is 52.3 Å². The highest BCUT2D eigenvalue weighted by Gasteiger charge is 2.37. The first-order chi connectivity index (χ1) is 15.5. The van der Waals surface area contributed by atoms with E-state index in [1.165, 1.54) is 7.11 Å². The van der Waals surface area contributed by atoms with Gasteiger partial charge in [-0.3, -0.25) is 9.69 Å². The van der Waals surface area contributed by atoms with Crippen LogP contribution in [0.1, 0.15) is 28.9 Å². The average Bonchev–Trinajstić information content (AvgIpc) is 2.83. The third kappa shape index (κ3) is 4.31. The van der Waals surface area contributed by atoms with E-state index in [-0.39, 0.29) is 24.7 Å². The van der Waals surface area contributed by atoms with E-state index in [2.05, 4.69) is 50.4 Å². The number of carbonyl (C=O) groups is 1. The van der Waals surface area contributed by atoms with Gasteiger partial charge >= 0.3 is 5.97 Å². The summed E-state index contributed by atoms with van der Waals surface area (Å²) in [5.41, 5.74) is 4.11. The van der Waals surface area contributed by atoms with E-state index in [0.29, 0.717) is 11.5 Å². The van der Waals surface area contributed by atoms with Gasteiger partial charge in [-0.15, -0.1) is 0 Å². The van der Waals surface area contributed by atoms with Crippen LogP contribution in [-0.4, -0.2) is 38.7 Å². The highest BCUT2D eigenvalue weighted by molar-refractivity contribution is 9.10. The largest absolute Gasteiger partial charge is 0.493 e. The number of hydrogen-bond acceptors (Lipinski definition) is 6. The molecule has 0 unspecified atom stereocenters. The van der Waals surface area contributed by atoms with Gasteiger partial charge in [-0.05, 0) is 47.0 Å². The number of methoxy groups -OCH3 is 3. The molecule has 0 saturated heterocycles. The molecule has 166 valence electrons. The number of rotatable bonds is 6. The maximum atomic E-state index is 12.5. The first kappa shape index (κ1) is 22.2. The molecule has 0 amide bonds. The smallest absolute Gasteiger partial charge is 0.319 e. The quantitative estimate of drug-likeness (QED) is 0.476. The van der Waals surface area contributed by atoms with Crippen molar-refractivity contribution in [3.63, 3.8) is 0 Å². The maximum Gasteiger partial charge on any atom is 0.319 e. The normalized spacial score (nSPS) is 17.8. The number of anilines is 1. The van der Waals surface area contributed by atoms with Gasteiger partial charge in [-0.2, -0.15) is 0 Å². The summed E-state index contributed by atoms with van der Waals surface area (Å²) in [7, 11) is 4.63. The Labute approximate surface area is 196 Å². The number of fused-ring (bicyclic) bond motifs is 1. The summed E-state index contributed by atoms with van der Waals surface area (Å²) in [6.07, 6.45) is -0.298. The van der Waals surface area contributed by atoms with E-state index in [1.807, 2.05) is 42.5 Å². The fourth-order valence-electron chi connectivity index (χ4n) is 4.15. The van der Waals surface area contributed by atoms with Crippen molar-refractivity contribution in [2.75, 3.05) is 33.2 Å². The Balaban J connectivity index is 1.89. The van der Waals surface area contributed by atoms with Gasteiger partial charge in [0.1, 0.15) is 6.17 Å². The zero-order valence-corrected chi connectivity index (χ0v) is 19.8. The van der Waals surface area contributed by atoms with Crippen molar-refractivity contribution in [3.8, 4) is 11.5 Å². The van der Waals surface area contributed by atoms with Gasteiger partial charge in [0, 0.05) is 10.2 Å². The first-order valence-corrected chi connectivity index (χ1v) is 11.0. The molecule has 2 atom stereocenters. The summed E-state index contributed by atoms with van der Waals surface area (Å²) in [5.74, 6) is 0.967. The molecule has 1 aliphatic heterocycles. The maximum absolute atomic E-state index is 12.5. The number of ether oxygens (including phenoxy) is 3. The van der Waals surface area contributed by atoms with Crippen molar-refractivity contribution in [2.45, 2.75) is 12.2 Å². The molecule has 32 heavy (non-hydrogen) atoms. The Hall–Kier alpha value is -3.03. The molecule has 3 aromatic rings. The molecule has 0 aromatic heterocycles. The van der Waals surface area contributed by atoms with Crippen molar-refractivity contribution in [2.24, 2.45) is 0 Å². The van der Waals surface area contributed by atoms with Crippen LogP contribution in [0.15, 0.2) is 71.2 Å². The van der Waals surface area contributed by atoms with Crippen molar-refractivity contribution >= 4 is 27.6 Å². The van der Waals surface area contributed by atoms with Crippen LogP contribution in [0.4, 0.5) is 5.69 Å². The Bertz CT molecular complexity index is 1110. The van der Waals surface area contributed by atoms with Crippen LogP contribution in [-0.2, 0) is 9.53 Å². The Kier molecular flexibility index (Phi) is 6.67. The molecule has 1 aliphatic rings. The van der Waals surface area contributed by atoms with Crippen molar-refractivity contribution < 1.29 is 19.0 Å². The minimum Gasteiger partial charge on any atom is -0.493 e. The number of hydrogen-bond donors (Lipinski definition) is 1. The monoisotopic (exact) mass is 496 g/mol. The fraction of sp³-hybridized carbons (Fsp3) is 0.240. The second-order valence-electron chi connectivity index (χ2n) is 7.45. The Morgan fingerprint density at radius 1 is 0.938 bits per heavy atom. The standard InChI is InChI=1S/C25H25BrN2O4/c1-30-21-12-9-17(13-22(21)31-2)25-27-20-11-10-18(26)14-19(20)24(16-7-5-4-6-8-16)28(25)15-23(29)32-3/h4-14,24-25,27H,15H2,1-3H3/t24-,25+/m0/s1. The Morgan fingerprint density at radius 3 is 2.38 bits per heavy atom. The number of esters is 1. The molecule has 1 heterocycles. The van der Waals surface area contributed by atoms with Crippen LogP contribution in [0, 0.1) is 0 Å². The molecule has 3 aromatic carbocycles. The molecule has 0 fully saturated rings. The molecule has 0 aliphatic carbocycles. The lowest BCUT2D eigenvalue weighted by molar-refractivity contribution is -0.143. The molecule has 7 heteroatoms. The number of carbonyl (C=O) groups excluding carboxylic acids is 1. The predicted molar refractivity (Wildman–Crippen MR) is 127 cm³/mol. The summed E-state index contributed by atoms with van der Waals surface area (Å²) in [5, 5.41) is 3.61. The number of halogens is 1. The number of benzene rings is 3. The SMILES string of the molecule is COC(=O)CN1[C@@H](c2ccccc2)c2cc(Br)ccc2N[C@H]1c1ccc(OC)c(OC)c1. The lowest BCUT2D eigenvalue weighted by Gasteiger charge is -2.44. The van der Waals surface area contributed by atoms with E-state index >= 15 is 0 Å². The molecule has 0 spiro atoms.